The summed E-state index contributed by atoms with van der Waals surface area (Å²) in [6.07, 6.45) is 6.68. The van der Waals surface area contributed by atoms with Crippen molar-refractivity contribution in [2.24, 2.45) is 0 Å². The second kappa shape index (κ2) is 3.52. The number of anilines is 1. The highest BCUT2D eigenvalue weighted by Crippen LogP contribution is 2.23. The van der Waals surface area contributed by atoms with Gasteiger partial charge in [-0.3, -0.25) is 4.98 Å². The van der Waals surface area contributed by atoms with Crippen LogP contribution in [0.3, 0.4) is 0 Å². The van der Waals surface area contributed by atoms with Crippen molar-refractivity contribution in [3.63, 3.8) is 0 Å². The molecule has 0 fully saturated rings. The first-order chi connectivity index (χ1) is 9.34. The Labute approximate surface area is 107 Å². The molecule has 4 rings (SSSR count). The molecule has 0 aromatic carbocycles. The Hall–Kier alpha value is -2.96. The van der Waals surface area contributed by atoms with Gasteiger partial charge < -0.3 is 10.7 Å². The van der Waals surface area contributed by atoms with E-state index < -0.39 is 0 Å². The molecule has 0 saturated heterocycles. The molecule has 0 bridgehead atoms. The molecule has 0 unspecified atom stereocenters. The summed E-state index contributed by atoms with van der Waals surface area (Å²) in [6.45, 7) is 0. The van der Waals surface area contributed by atoms with E-state index in [4.69, 9.17) is 5.73 Å². The lowest BCUT2D eigenvalue weighted by Crippen LogP contribution is -1.98. The van der Waals surface area contributed by atoms with Crippen LogP contribution in [0.25, 0.3) is 27.8 Å². The Morgan fingerprint density at radius 3 is 3.11 bits per heavy atom. The molecule has 7 nitrogen and oxygen atoms in total. The molecule has 0 spiro atoms. The molecule has 0 aliphatic heterocycles. The normalized spacial score (nSPS) is 11.4. The molecule has 0 amide bonds. The first kappa shape index (κ1) is 10.0. The predicted molar refractivity (Wildman–Crippen MR) is 70.7 cm³/mol. The monoisotopic (exact) mass is 251 g/mol. The number of pyridine rings is 1. The second-order valence-corrected chi connectivity index (χ2v) is 4.13. The minimum Gasteiger partial charge on any atom is -0.383 e. The Bertz CT molecular complexity index is 889. The van der Waals surface area contributed by atoms with Gasteiger partial charge in [0.15, 0.2) is 5.65 Å². The van der Waals surface area contributed by atoms with Crippen LogP contribution in [0.4, 0.5) is 5.82 Å². The maximum absolute atomic E-state index is 5.81. The van der Waals surface area contributed by atoms with E-state index in [0.717, 1.165) is 22.1 Å². The highest BCUT2D eigenvalue weighted by molar-refractivity contribution is 5.90. The Morgan fingerprint density at radius 1 is 1.21 bits per heavy atom. The third kappa shape index (κ3) is 1.32. The van der Waals surface area contributed by atoms with Crippen LogP contribution in [-0.2, 0) is 0 Å². The summed E-state index contributed by atoms with van der Waals surface area (Å²) < 4.78 is 1.71. The zero-order valence-electron chi connectivity index (χ0n) is 9.78. The van der Waals surface area contributed by atoms with Gasteiger partial charge in [-0.1, -0.05) is 0 Å². The van der Waals surface area contributed by atoms with Gasteiger partial charge in [-0.25, -0.2) is 14.6 Å². The van der Waals surface area contributed by atoms with Crippen LogP contribution in [-0.4, -0.2) is 29.7 Å². The van der Waals surface area contributed by atoms with Gasteiger partial charge in [0.25, 0.3) is 0 Å². The van der Waals surface area contributed by atoms with E-state index in [9.17, 15) is 0 Å². The summed E-state index contributed by atoms with van der Waals surface area (Å²) in [7, 11) is 0. The molecule has 4 aromatic rings. The van der Waals surface area contributed by atoms with Crippen LogP contribution in [0.5, 0.6) is 0 Å². The van der Waals surface area contributed by atoms with E-state index in [1.54, 1.807) is 17.1 Å². The molecule has 19 heavy (non-hydrogen) atoms. The molecule has 3 N–H and O–H groups in total. The van der Waals surface area contributed by atoms with Crippen LogP contribution >= 0.6 is 0 Å². The third-order valence-electron chi connectivity index (χ3n) is 3.04. The van der Waals surface area contributed by atoms with Crippen molar-refractivity contribution in [2.45, 2.75) is 0 Å². The van der Waals surface area contributed by atoms with Crippen LogP contribution < -0.4 is 5.73 Å². The van der Waals surface area contributed by atoms with Gasteiger partial charge in [0, 0.05) is 12.4 Å². The highest BCUT2D eigenvalue weighted by Gasteiger charge is 2.13. The zero-order chi connectivity index (χ0) is 12.8. The molecule has 0 atom stereocenters. The number of aromatic nitrogens is 6. The lowest BCUT2D eigenvalue weighted by atomic mass is 10.3. The lowest BCUT2D eigenvalue weighted by molar-refractivity contribution is 0.899. The number of hydrogen-bond acceptors (Lipinski definition) is 5. The zero-order valence-corrected chi connectivity index (χ0v) is 9.78. The quantitative estimate of drug-likeness (QED) is 0.531. The summed E-state index contributed by atoms with van der Waals surface area (Å²) in [5.41, 5.74) is 9.10. The average molecular weight is 251 g/mol. The minimum absolute atomic E-state index is 0.420. The van der Waals surface area contributed by atoms with E-state index >= 15 is 0 Å². The summed E-state index contributed by atoms with van der Waals surface area (Å²) >= 11 is 0. The molecule has 0 saturated carbocycles. The Kier molecular flexibility index (Phi) is 1.85. The molecule has 0 radical (unpaired) electrons. The van der Waals surface area contributed by atoms with Crippen molar-refractivity contribution in [3.05, 3.63) is 37.1 Å². The number of aromatic amines is 1. The van der Waals surface area contributed by atoms with Crippen molar-refractivity contribution < 1.29 is 0 Å². The molecule has 0 aliphatic carbocycles. The second-order valence-electron chi connectivity index (χ2n) is 4.13. The molecule has 4 aromatic heterocycles. The van der Waals surface area contributed by atoms with Crippen molar-refractivity contribution >= 4 is 27.9 Å². The van der Waals surface area contributed by atoms with Gasteiger partial charge in [-0.15, -0.1) is 0 Å². The van der Waals surface area contributed by atoms with Crippen LogP contribution in [0.15, 0.2) is 37.1 Å². The Morgan fingerprint density at radius 2 is 2.16 bits per heavy atom. The smallest absolute Gasteiger partial charge is 0.168 e. The summed E-state index contributed by atoms with van der Waals surface area (Å²) in [6, 6.07) is 3.84. The van der Waals surface area contributed by atoms with Crippen molar-refractivity contribution in [1.29, 1.82) is 0 Å². The van der Waals surface area contributed by atoms with Crippen molar-refractivity contribution in [2.75, 3.05) is 5.73 Å². The molecule has 92 valence electrons. The van der Waals surface area contributed by atoms with Gasteiger partial charge in [-0.05, 0) is 12.1 Å². The number of nitrogens with one attached hydrogen (secondary N) is 1. The maximum atomic E-state index is 5.81. The van der Waals surface area contributed by atoms with E-state index in [2.05, 4.69) is 25.0 Å². The Balaban J connectivity index is 2.07. The lowest BCUT2D eigenvalue weighted by Gasteiger charge is -2.00. The topological polar surface area (TPSA) is 98.3 Å². The molecule has 4 heterocycles. The molecular formula is C12H9N7. The third-order valence-corrected chi connectivity index (χ3v) is 3.04. The van der Waals surface area contributed by atoms with Crippen LogP contribution in [0, 0.1) is 0 Å². The summed E-state index contributed by atoms with van der Waals surface area (Å²) in [4.78, 5) is 15.7. The fourth-order valence-electron chi connectivity index (χ4n) is 2.14. The minimum atomic E-state index is 0.420. The summed E-state index contributed by atoms with van der Waals surface area (Å²) in [5, 5.41) is 5.05. The first-order valence-electron chi connectivity index (χ1n) is 5.71. The molecule has 7 heteroatoms. The van der Waals surface area contributed by atoms with E-state index in [1.165, 1.54) is 6.33 Å². The van der Waals surface area contributed by atoms with Crippen LogP contribution in [0.1, 0.15) is 0 Å². The van der Waals surface area contributed by atoms with E-state index in [-0.39, 0.29) is 0 Å². The predicted octanol–water partition coefficient (Wildman–Crippen LogP) is 1.27. The van der Waals surface area contributed by atoms with Crippen LogP contribution in [0.2, 0.25) is 0 Å². The highest BCUT2D eigenvalue weighted by atomic mass is 15.3. The van der Waals surface area contributed by atoms with Gasteiger partial charge in [0.2, 0.25) is 0 Å². The molecule has 0 aliphatic rings. The van der Waals surface area contributed by atoms with Gasteiger partial charge >= 0.3 is 0 Å². The standard InChI is InChI=1S/C12H9N7/c13-11-7-4-18-19(12(7)17-6-16-11)9-5-15-8-2-1-3-14-10(8)9/h1-6,15H,(H2,13,16,17). The fourth-order valence-corrected chi connectivity index (χ4v) is 2.14. The fraction of sp³-hybridized carbons (Fsp3) is 0. The number of nitrogen functional groups attached to an aromatic ring is 1. The number of fused-ring (bicyclic) bond motifs is 2. The molecular weight excluding hydrogens is 242 g/mol. The van der Waals surface area contributed by atoms with E-state index in [0.29, 0.717) is 11.5 Å². The number of H-pyrrole nitrogens is 1. The van der Waals surface area contributed by atoms with E-state index in [1.807, 2.05) is 18.3 Å². The number of nitrogens with two attached hydrogens (primary N) is 1. The maximum Gasteiger partial charge on any atom is 0.168 e. The first-order valence-corrected chi connectivity index (χ1v) is 5.71. The summed E-state index contributed by atoms with van der Waals surface area (Å²) in [5.74, 6) is 0.420. The number of nitrogens with zero attached hydrogens (tertiary/aromatic N) is 5. The number of rotatable bonds is 1. The van der Waals surface area contributed by atoms with Gasteiger partial charge in [0.05, 0.1) is 17.1 Å². The SMILES string of the molecule is Nc1ncnc2c1cnn2-c1c[nH]c2cccnc12. The largest absolute Gasteiger partial charge is 0.383 e. The number of hydrogen-bond donors (Lipinski definition) is 2. The van der Waals surface area contributed by atoms with Gasteiger partial charge in [-0.2, -0.15) is 5.10 Å². The van der Waals surface area contributed by atoms with Gasteiger partial charge in [0.1, 0.15) is 23.3 Å². The average Bonchev–Trinajstić information content (AvgIpc) is 3.02. The van der Waals surface area contributed by atoms with Crippen molar-refractivity contribution in [1.82, 2.24) is 29.7 Å². The van der Waals surface area contributed by atoms with Crippen molar-refractivity contribution in [3.8, 4) is 5.69 Å².